The van der Waals surface area contributed by atoms with Gasteiger partial charge in [-0.05, 0) is 73.9 Å². The Morgan fingerprint density at radius 3 is 2.45 bits per heavy atom. The lowest BCUT2D eigenvalue weighted by molar-refractivity contribution is -0.117. The van der Waals surface area contributed by atoms with Gasteiger partial charge in [0.05, 0.1) is 22.6 Å². The van der Waals surface area contributed by atoms with Crippen LogP contribution in [0.2, 0.25) is 0 Å². The number of rotatable bonds is 8. The first kappa shape index (κ1) is 25.3. The summed E-state index contributed by atoms with van der Waals surface area (Å²) in [6, 6.07) is 16.9. The summed E-state index contributed by atoms with van der Waals surface area (Å²) in [7, 11) is 0. The van der Waals surface area contributed by atoms with E-state index in [1.807, 2.05) is 0 Å². The minimum atomic E-state index is -0.398. The zero-order valence-corrected chi connectivity index (χ0v) is 20.8. The molecule has 0 spiro atoms. The summed E-state index contributed by atoms with van der Waals surface area (Å²) in [5.41, 5.74) is 2.27. The molecule has 9 heteroatoms. The van der Waals surface area contributed by atoms with Crippen LogP contribution in [0.5, 0.6) is 0 Å². The van der Waals surface area contributed by atoms with Gasteiger partial charge < -0.3 is 14.9 Å². The molecular weight excluding hydrogens is 490 g/mol. The van der Waals surface area contributed by atoms with Crippen molar-refractivity contribution in [3.8, 4) is 5.69 Å². The number of nitrogens with one attached hydrogen (secondary N) is 1. The number of aryl methyl sites for hydroxylation is 1. The lowest BCUT2D eigenvalue weighted by atomic mass is 10.1. The van der Waals surface area contributed by atoms with E-state index in [0.717, 1.165) is 5.56 Å². The predicted octanol–water partition coefficient (Wildman–Crippen LogP) is 4.99. The SMILES string of the molecule is CC(=O)CCCCc1nc2cc(C3=NOC[C@H](c4ccc(F)cc4)N3)ccc2c(=O)n1-c1ccc(F)cc1. The number of ketones is 1. The maximum atomic E-state index is 13.6. The van der Waals surface area contributed by atoms with E-state index in [9.17, 15) is 18.4 Å². The van der Waals surface area contributed by atoms with Crippen LogP contribution < -0.4 is 10.9 Å². The summed E-state index contributed by atoms with van der Waals surface area (Å²) in [5, 5.41) is 7.87. The average molecular weight is 517 g/mol. The number of hydrogen-bond donors (Lipinski definition) is 1. The second kappa shape index (κ2) is 10.9. The number of oxime groups is 1. The van der Waals surface area contributed by atoms with Crippen molar-refractivity contribution in [2.75, 3.05) is 6.61 Å². The first-order valence-corrected chi connectivity index (χ1v) is 12.4. The zero-order chi connectivity index (χ0) is 26.6. The molecular formula is C29H26F2N4O3. The third kappa shape index (κ3) is 5.46. The molecule has 1 atom stereocenters. The quantitative estimate of drug-likeness (QED) is 0.334. The fourth-order valence-corrected chi connectivity index (χ4v) is 4.48. The van der Waals surface area contributed by atoms with Gasteiger partial charge in [-0.1, -0.05) is 23.4 Å². The van der Waals surface area contributed by atoms with Gasteiger partial charge in [0.15, 0.2) is 5.84 Å². The van der Waals surface area contributed by atoms with Crippen molar-refractivity contribution in [1.82, 2.24) is 14.9 Å². The van der Waals surface area contributed by atoms with E-state index in [0.29, 0.717) is 59.5 Å². The van der Waals surface area contributed by atoms with Gasteiger partial charge in [0.25, 0.3) is 5.56 Å². The molecule has 5 rings (SSSR count). The number of amidine groups is 1. The van der Waals surface area contributed by atoms with Gasteiger partial charge in [-0.3, -0.25) is 9.36 Å². The van der Waals surface area contributed by atoms with Gasteiger partial charge in [0, 0.05) is 18.4 Å². The number of halogens is 2. The highest BCUT2D eigenvalue weighted by Gasteiger charge is 2.21. The Hall–Kier alpha value is -4.40. The van der Waals surface area contributed by atoms with Crippen LogP contribution in [0.3, 0.4) is 0 Å². The molecule has 3 aromatic carbocycles. The summed E-state index contributed by atoms with van der Waals surface area (Å²) in [4.78, 5) is 35.2. The van der Waals surface area contributed by atoms with Crippen LogP contribution in [0, 0.1) is 11.6 Å². The molecule has 38 heavy (non-hydrogen) atoms. The number of carbonyl (C=O) groups is 1. The molecule has 0 bridgehead atoms. The molecule has 0 saturated carbocycles. The fraction of sp³-hybridized carbons (Fsp3) is 0.241. The Labute approximate surface area is 217 Å². The number of Topliss-reactive ketones (excluding diaryl/α,β-unsaturated/α-hetero) is 1. The summed E-state index contributed by atoms with van der Waals surface area (Å²) < 4.78 is 28.4. The molecule has 2 heterocycles. The molecule has 0 saturated heterocycles. The van der Waals surface area contributed by atoms with Crippen molar-refractivity contribution >= 4 is 22.5 Å². The van der Waals surface area contributed by atoms with Gasteiger partial charge in [-0.25, -0.2) is 13.8 Å². The molecule has 1 aliphatic rings. The highest BCUT2D eigenvalue weighted by atomic mass is 19.1. The van der Waals surface area contributed by atoms with Crippen molar-refractivity contribution in [2.24, 2.45) is 5.16 Å². The second-order valence-corrected chi connectivity index (χ2v) is 9.27. The van der Waals surface area contributed by atoms with E-state index in [2.05, 4.69) is 10.5 Å². The van der Waals surface area contributed by atoms with Crippen LogP contribution in [0.15, 0.2) is 76.7 Å². The zero-order valence-electron chi connectivity index (χ0n) is 20.8. The molecule has 1 aromatic heterocycles. The fourth-order valence-electron chi connectivity index (χ4n) is 4.48. The average Bonchev–Trinajstić information content (AvgIpc) is 2.92. The molecule has 0 unspecified atom stereocenters. The number of carbonyl (C=O) groups excluding carboxylic acids is 1. The van der Waals surface area contributed by atoms with Crippen molar-refractivity contribution in [3.63, 3.8) is 0 Å². The van der Waals surface area contributed by atoms with Crippen molar-refractivity contribution in [2.45, 2.75) is 38.6 Å². The van der Waals surface area contributed by atoms with E-state index in [-0.39, 0.29) is 29.8 Å². The minimum absolute atomic E-state index is 0.110. The lowest BCUT2D eigenvalue weighted by Crippen LogP contribution is -2.36. The maximum absolute atomic E-state index is 13.6. The van der Waals surface area contributed by atoms with Crippen molar-refractivity contribution in [3.05, 3.63) is 106 Å². The molecule has 0 fully saturated rings. The number of nitrogens with zero attached hydrogens (tertiary/aromatic N) is 3. The summed E-state index contributed by atoms with van der Waals surface area (Å²) in [6.45, 7) is 1.84. The van der Waals surface area contributed by atoms with Crippen LogP contribution in [0.1, 0.15) is 49.2 Å². The normalized spacial score (nSPS) is 15.0. The Balaban J connectivity index is 1.50. The number of fused-ring (bicyclic) bond motifs is 1. The standard InChI is InChI=1S/C29H26F2N4O3/c1-18(36)4-2-3-5-27-32-25-16-20(28-33-26(17-38-34-28)19-6-9-21(30)10-7-19)8-15-24(25)29(37)35(27)23-13-11-22(31)12-14-23/h6-16,26H,2-5,17H2,1H3,(H,33,34)/t26-/m1/s1. The van der Waals surface area contributed by atoms with Gasteiger partial charge in [-0.2, -0.15) is 0 Å². The van der Waals surface area contributed by atoms with Gasteiger partial charge in [0.1, 0.15) is 29.8 Å². The molecule has 194 valence electrons. The number of hydrogen-bond acceptors (Lipinski definition) is 6. The Morgan fingerprint density at radius 2 is 1.74 bits per heavy atom. The third-order valence-electron chi connectivity index (χ3n) is 6.46. The van der Waals surface area contributed by atoms with E-state index in [4.69, 9.17) is 9.82 Å². The van der Waals surface area contributed by atoms with E-state index < -0.39 is 5.82 Å². The van der Waals surface area contributed by atoms with Crippen LogP contribution in [-0.2, 0) is 16.1 Å². The monoisotopic (exact) mass is 516 g/mol. The maximum Gasteiger partial charge on any atom is 0.265 e. The highest BCUT2D eigenvalue weighted by Crippen LogP contribution is 2.21. The Bertz CT molecular complexity index is 1560. The smallest absolute Gasteiger partial charge is 0.265 e. The van der Waals surface area contributed by atoms with Crippen molar-refractivity contribution < 1.29 is 18.4 Å². The molecule has 4 aromatic rings. The molecule has 0 radical (unpaired) electrons. The minimum Gasteiger partial charge on any atom is -0.392 e. The number of aromatic nitrogens is 2. The largest absolute Gasteiger partial charge is 0.392 e. The van der Waals surface area contributed by atoms with E-state index in [1.54, 1.807) is 49.4 Å². The highest BCUT2D eigenvalue weighted by molar-refractivity contribution is 6.01. The lowest BCUT2D eigenvalue weighted by Gasteiger charge is -2.24. The first-order chi connectivity index (χ1) is 18.4. The topological polar surface area (TPSA) is 85.6 Å². The second-order valence-electron chi connectivity index (χ2n) is 9.27. The third-order valence-corrected chi connectivity index (χ3v) is 6.46. The van der Waals surface area contributed by atoms with E-state index in [1.165, 1.54) is 28.8 Å². The van der Waals surface area contributed by atoms with Crippen molar-refractivity contribution in [1.29, 1.82) is 0 Å². The van der Waals surface area contributed by atoms with Gasteiger partial charge >= 0.3 is 0 Å². The molecule has 0 amide bonds. The first-order valence-electron chi connectivity index (χ1n) is 12.4. The van der Waals surface area contributed by atoms with Gasteiger partial charge in [0.2, 0.25) is 0 Å². The summed E-state index contributed by atoms with van der Waals surface area (Å²) in [6.07, 6.45) is 2.27. The summed E-state index contributed by atoms with van der Waals surface area (Å²) in [5.74, 6) is 0.390. The molecule has 7 nitrogen and oxygen atoms in total. The Kier molecular flexibility index (Phi) is 7.26. The Morgan fingerprint density at radius 1 is 1.03 bits per heavy atom. The van der Waals surface area contributed by atoms with Crippen LogP contribution in [0.4, 0.5) is 8.78 Å². The van der Waals surface area contributed by atoms with Crippen LogP contribution in [-0.4, -0.2) is 27.8 Å². The number of benzene rings is 3. The predicted molar refractivity (Wildman–Crippen MR) is 140 cm³/mol. The number of unbranched alkanes of at least 4 members (excludes halogenated alkanes) is 1. The van der Waals surface area contributed by atoms with Crippen LogP contribution >= 0.6 is 0 Å². The summed E-state index contributed by atoms with van der Waals surface area (Å²) >= 11 is 0. The molecule has 0 aliphatic carbocycles. The molecule has 1 aliphatic heterocycles. The molecule has 1 N–H and O–H groups in total. The van der Waals surface area contributed by atoms with Gasteiger partial charge in [-0.15, -0.1) is 0 Å². The van der Waals surface area contributed by atoms with Crippen LogP contribution in [0.25, 0.3) is 16.6 Å². The van der Waals surface area contributed by atoms with E-state index >= 15 is 0 Å².